The second kappa shape index (κ2) is 4.73. The lowest BCUT2D eigenvalue weighted by Crippen LogP contribution is -2.27. The second-order valence-electron chi connectivity index (χ2n) is 3.85. The third-order valence-electron chi connectivity index (χ3n) is 2.49. The van der Waals surface area contributed by atoms with Gasteiger partial charge in [-0.15, -0.1) is 0 Å². The van der Waals surface area contributed by atoms with Crippen LogP contribution in [0.1, 0.15) is 16.2 Å². The van der Waals surface area contributed by atoms with Gasteiger partial charge in [-0.1, -0.05) is 0 Å². The molecule has 2 heterocycles. The van der Waals surface area contributed by atoms with E-state index >= 15 is 0 Å². The molecule has 2 aromatic heterocycles. The summed E-state index contributed by atoms with van der Waals surface area (Å²) < 4.78 is 1.71. The number of hydrogen-bond acceptors (Lipinski definition) is 3. The number of nitrogens with zero attached hydrogens (tertiary/aromatic N) is 2. The molecule has 1 amide bonds. The predicted molar refractivity (Wildman–Crippen MR) is 64.5 cm³/mol. The first-order chi connectivity index (χ1) is 8.16. The third-order valence-corrected chi connectivity index (χ3v) is 2.49. The van der Waals surface area contributed by atoms with Crippen LogP contribution in [-0.2, 0) is 13.5 Å². The summed E-state index contributed by atoms with van der Waals surface area (Å²) in [6, 6.07) is 1.66. The van der Waals surface area contributed by atoms with Crippen LogP contribution >= 0.6 is 0 Å². The number of imidazole rings is 1. The largest absolute Gasteiger partial charge is 0.397 e. The van der Waals surface area contributed by atoms with Gasteiger partial charge in [0.15, 0.2) is 0 Å². The van der Waals surface area contributed by atoms with Crippen molar-refractivity contribution in [2.75, 3.05) is 12.3 Å². The van der Waals surface area contributed by atoms with Crippen LogP contribution in [0.25, 0.3) is 0 Å². The molecule has 0 aliphatic heterocycles. The second-order valence-corrected chi connectivity index (χ2v) is 3.85. The molecule has 90 valence electrons. The molecule has 0 bridgehead atoms. The maximum absolute atomic E-state index is 11.8. The number of carbonyl (C=O) groups is 1. The van der Waals surface area contributed by atoms with E-state index in [-0.39, 0.29) is 5.91 Å². The van der Waals surface area contributed by atoms with Gasteiger partial charge in [-0.25, -0.2) is 4.98 Å². The van der Waals surface area contributed by atoms with Crippen LogP contribution < -0.4 is 11.1 Å². The van der Waals surface area contributed by atoms with Crippen molar-refractivity contribution in [2.45, 2.75) is 6.42 Å². The fourth-order valence-corrected chi connectivity index (χ4v) is 1.64. The number of hydrogen-bond donors (Lipinski definition) is 3. The van der Waals surface area contributed by atoms with Gasteiger partial charge in [-0.05, 0) is 6.07 Å². The molecule has 0 aromatic carbocycles. The van der Waals surface area contributed by atoms with Crippen molar-refractivity contribution in [3.05, 3.63) is 36.2 Å². The molecule has 0 spiro atoms. The van der Waals surface area contributed by atoms with Crippen LogP contribution in [0, 0.1) is 0 Å². The molecule has 0 saturated carbocycles. The van der Waals surface area contributed by atoms with Gasteiger partial charge in [0.1, 0.15) is 5.69 Å². The first kappa shape index (κ1) is 11.3. The van der Waals surface area contributed by atoms with Crippen molar-refractivity contribution in [1.82, 2.24) is 19.9 Å². The lowest BCUT2D eigenvalue weighted by molar-refractivity contribution is 0.0946. The number of nitrogen functional groups attached to an aromatic ring is 1. The summed E-state index contributed by atoms with van der Waals surface area (Å²) in [5.41, 5.74) is 7.76. The molecule has 2 aromatic rings. The number of rotatable bonds is 4. The number of amides is 1. The van der Waals surface area contributed by atoms with Crippen LogP contribution in [0.5, 0.6) is 0 Å². The molecule has 2 rings (SSSR count). The van der Waals surface area contributed by atoms with Crippen molar-refractivity contribution in [2.24, 2.45) is 7.05 Å². The van der Waals surface area contributed by atoms with Gasteiger partial charge >= 0.3 is 0 Å². The lowest BCUT2D eigenvalue weighted by atomic mass is 10.3. The molecule has 0 aliphatic rings. The van der Waals surface area contributed by atoms with Crippen LogP contribution in [0.2, 0.25) is 0 Å². The summed E-state index contributed by atoms with van der Waals surface area (Å²) in [4.78, 5) is 18.7. The molecule has 0 atom stereocenters. The fourth-order valence-electron chi connectivity index (χ4n) is 1.64. The summed E-state index contributed by atoms with van der Waals surface area (Å²) in [6.45, 7) is 0.562. The molecular formula is C11H15N5O. The number of nitrogens with two attached hydrogens (primary N) is 1. The highest BCUT2D eigenvalue weighted by atomic mass is 16.1. The number of nitrogens with one attached hydrogen (secondary N) is 2. The molecule has 0 fully saturated rings. The van der Waals surface area contributed by atoms with Gasteiger partial charge in [-0.3, -0.25) is 4.79 Å². The van der Waals surface area contributed by atoms with Gasteiger partial charge < -0.3 is 20.6 Å². The van der Waals surface area contributed by atoms with Crippen molar-refractivity contribution in [1.29, 1.82) is 0 Å². The van der Waals surface area contributed by atoms with Crippen LogP contribution in [0.4, 0.5) is 5.69 Å². The molecule has 6 nitrogen and oxygen atoms in total. The molecule has 0 saturated heterocycles. The zero-order valence-corrected chi connectivity index (χ0v) is 9.60. The Bertz CT molecular complexity index is 500. The van der Waals surface area contributed by atoms with Crippen LogP contribution in [0.3, 0.4) is 0 Å². The van der Waals surface area contributed by atoms with E-state index in [1.165, 1.54) is 0 Å². The minimum Gasteiger partial charge on any atom is -0.397 e. The summed E-state index contributed by atoms with van der Waals surface area (Å²) in [5, 5.41) is 2.83. The molecule has 0 unspecified atom stereocenters. The smallest absolute Gasteiger partial charge is 0.267 e. The zero-order chi connectivity index (χ0) is 12.3. The Labute approximate surface area is 98.8 Å². The van der Waals surface area contributed by atoms with Crippen LogP contribution in [0.15, 0.2) is 24.8 Å². The van der Waals surface area contributed by atoms with Crippen molar-refractivity contribution in [3.8, 4) is 0 Å². The molecule has 6 heteroatoms. The highest BCUT2D eigenvalue weighted by molar-refractivity contribution is 5.93. The maximum Gasteiger partial charge on any atom is 0.267 e. The van der Waals surface area contributed by atoms with Gasteiger partial charge in [0.05, 0.1) is 12.0 Å². The number of anilines is 1. The van der Waals surface area contributed by atoms with E-state index in [9.17, 15) is 4.79 Å². The fraction of sp³-hybridized carbons (Fsp3) is 0.273. The Hall–Kier alpha value is -2.24. The number of aromatic nitrogens is 3. The molecule has 4 N–H and O–H groups in total. The summed E-state index contributed by atoms with van der Waals surface area (Å²) >= 11 is 0. The predicted octanol–water partition coefficient (Wildman–Crippen LogP) is 0.303. The Kier molecular flexibility index (Phi) is 3.13. The monoisotopic (exact) mass is 233 g/mol. The topological polar surface area (TPSA) is 88.7 Å². The average Bonchev–Trinajstić information content (AvgIpc) is 2.88. The van der Waals surface area contributed by atoms with Crippen LogP contribution in [-0.4, -0.2) is 27.0 Å². The van der Waals surface area contributed by atoms with E-state index in [1.54, 1.807) is 36.4 Å². The molecule has 0 aliphatic carbocycles. The number of H-pyrrole nitrogens is 1. The number of aryl methyl sites for hydroxylation is 1. The van der Waals surface area contributed by atoms with E-state index in [4.69, 9.17) is 5.73 Å². The standard InChI is InChI=1S/C11H15N5O/c1-16-6-8(12)4-10(16)11(17)14-3-2-9-5-13-7-15-9/h4-7H,2-3,12H2,1H3,(H,13,15)(H,14,17). The Morgan fingerprint density at radius 3 is 3.06 bits per heavy atom. The van der Waals surface area contributed by atoms with Gasteiger partial charge in [0, 0.05) is 38.1 Å². The number of aromatic amines is 1. The molecule has 17 heavy (non-hydrogen) atoms. The Morgan fingerprint density at radius 1 is 1.65 bits per heavy atom. The zero-order valence-electron chi connectivity index (χ0n) is 9.60. The summed E-state index contributed by atoms with van der Waals surface area (Å²) in [6.07, 6.45) is 5.80. The average molecular weight is 233 g/mol. The van der Waals surface area contributed by atoms with Crippen molar-refractivity contribution in [3.63, 3.8) is 0 Å². The SMILES string of the molecule is Cn1cc(N)cc1C(=O)NCCc1cnc[nH]1. The maximum atomic E-state index is 11.8. The highest BCUT2D eigenvalue weighted by Gasteiger charge is 2.09. The van der Waals surface area contributed by atoms with E-state index < -0.39 is 0 Å². The van der Waals surface area contributed by atoms with E-state index in [2.05, 4.69) is 15.3 Å². The summed E-state index contributed by atoms with van der Waals surface area (Å²) in [7, 11) is 1.79. The Morgan fingerprint density at radius 2 is 2.47 bits per heavy atom. The molecule has 0 radical (unpaired) electrons. The third kappa shape index (κ3) is 2.66. The first-order valence-corrected chi connectivity index (χ1v) is 5.34. The first-order valence-electron chi connectivity index (χ1n) is 5.34. The Balaban J connectivity index is 1.87. The van der Waals surface area contributed by atoms with Gasteiger partial charge in [0.25, 0.3) is 5.91 Å². The van der Waals surface area contributed by atoms with E-state index in [0.29, 0.717) is 17.9 Å². The minimum atomic E-state index is -0.122. The summed E-state index contributed by atoms with van der Waals surface area (Å²) in [5.74, 6) is -0.122. The number of carbonyl (C=O) groups excluding carboxylic acids is 1. The van der Waals surface area contributed by atoms with Crippen molar-refractivity contribution < 1.29 is 4.79 Å². The highest BCUT2D eigenvalue weighted by Crippen LogP contribution is 2.08. The van der Waals surface area contributed by atoms with E-state index in [0.717, 1.165) is 12.1 Å². The van der Waals surface area contributed by atoms with Gasteiger partial charge in [0.2, 0.25) is 0 Å². The van der Waals surface area contributed by atoms with E-state index in [1.807, 2.05) is 0 Å². The van der Waals surface area contributed by atoms with Crippen molar-refractivity contribution >= 4 is 11.6 Å². The quantitative estimate of drug-likeness (QED) is 0.709. The van der Waals surface area contributed by atoms with Gasteiger partial charge in [-0.2, -0.15) is 0 Å². The molecular weight excluding hydrogens is 218 g/mol. The normalized spacial score (nSPS) is 10.4. The lowest BCUT2D eigenvalue weighted by Gasteiger charge is -2.04. The minimum absolute atomic E-state index is 0.122.